The maximum atomic E-state index is 13.0. The molecule has 0 saturated carbocycles. The normalized spacial score (nSPS) is 13.0. The van der Waals surface area contributed by atoms with Crippen LogP contribution in [-0.4, -0.2) is 47.0 Å². The van der Waals surface area contributed by atoms with E-state index in [1.54, 1.807) is 29.1 Å². The first-order valence-corrected chi connectivity index (χ1v) is 10.2. The van der Waals surface area contributed by atoms with Gasteiger partial charge in [-0.2, -0.15) is 0 Å². The summed E-state index contributed by atoms with van der Waals surface area (Å²) in [6.45, 7) is 4.72. The molecule has 31 heavy (non-hydrogen) atoms. The van der Waals surface area contributed by atoms with Crippen LogP contribution in [-0.2, 0) is 17.8 Å². The molecule has 0 aliphatic carbocycles. The van der Waals surface area contributed by atoms with Crippen molar-refractivity contribution in [1.29, 1.82) is 0 Å². The third-order valence-electron chi connectivity index (χ3n) is 5.54. The lowest BCUT2D eigenvalue weighted by molar-refractivity contribution is -0.117. The number of hydrogen-bond donors (Lipinski definition) is 1. The standard InChI is InChI=1S/C23H25N5O3/c1-15-19(16(2)31-26-15)14-28-20-11-18(12-24-22(20)25-13-21(28)29)23(30)27(3)10-9-17-7-5-4-6-8-17/h4-8,11-12H,9-10,13-14H2,1-3H3,(H,24,25). The topological polar surface area (TPSA) is 91.6 Å². The van der Waals surface area contributed by atoms with E-state index in [-0.39, 0.29) is 18.4 Å². The molecule has 0 radical (unpaired) electrons. The molecule has 2 amide bonds. The van der Waals surface area contributed by atoms with E-state index in [0.29, 0.717) is 35.9 Å². The Morgan fingerprint density at radius 3 is 2.74 bits per heavy atom. The first-order valence-electron chi connectivity index (χ1n) is 10.2. The van der Waals surface area contributed by atoms with Crippen molar-refractivity contribution in [2.75, 3.05) is 30.4 Å². The van der Waals surface area contributed by atoms with Crippen LogP contribution in [0.3, 0.4) is 0 Å². The second-order valence-corrected chi connectivity index (χ2v) is 7.69. The monoisotopic (exact) mass is 419 g/mol. The van der Waals surface area contributed by atoms with Crippen LogP contribution in [0.1, 0.15) is 32.9 Å². The van der Waals surface area contributed by atoms with Gasteiger partial charge in [0.1, 0.15) is 5.76 Å². The van der Waals surface area contributed by atoms with E-state index < -0.39 is 0 Å². The fourth-order valence-corrected chi connectivity index (χ4v) is 3.62. The molecule has 0 unspecified atom stereocenters. The highest BCUT2D eigenvalue weighted by atomic mass is 16.5. The Hall–Kier alpha value is -3.68. The molecular weight excluding hydrogens is 394 g/mol. The summed E-state index contributed by atoms with van der Waals surface area (Å²) >= 11 is 0. The molecule has 0 fully saturated rings. The second-order valence-electron chi connectivity index (χ2n) is 7.69. The maximum Gasteiger partial charge on any atom is 0.255 e. The van der Waals surface area contributed by atoms with E-state index >= 15 is 0 Å². The van der Waals surface area contributed by atoms with E-state index in [2.05, 4.69) is 15.5 Å². The lowest BCUT2D eigenvalue weighted by Gasteiger charge is -2.30. The van der Waals surface area contributed by atoms with Crippen molar-refractivity contribution in [2.24, 2.45) is 0 Å². The van der Waals surface area contributed by atoms with Gasteiger partial charge in [-0.25, -0.2) is 4.98 Å². The number of fused-ring (bicyclic) bond motifs is 1. The molecule has 8 nitrogen and oxygen atoms in total. The fraction of sp³-hybridized carbons (Fsp3) is 0.304. The lowest BCUT2D eigenvalue weighted by atomic mass is 10.1. The van der Waals surface area contributed by atoms with Gasteiger partial charge in [-0.05, 0) is 31.9 Å². The number of carbonyl (C=O) groups excluding carboxylic acids is 2. The van der Waals surface area contributed by atoms with Gasteiger partial charge in [0.2, 0.25) is 5.91 Å². The van der Waals surface area contributed by atoms with Crippen LogP contribution in [0.2, 0.25) is 0 Å². The molecule has 3 heterocycles. The Balaban J connectivity index is 1.55. The molecule has 0 saturated heterocycles. The average Bonchev–Trinajstić information content (AvgIpc) is 3.11. The maximum absolute atomic E-state index is 13.0. The quantitative estimate of drug-likeness (QED) is 0.661. The van der Waals surface area contributed by atoms with E-state index in [0.717, 1.165) is 17.7 Å². The molecular formula is C23H25N5O3. The van der Waals surface area contributed by atoms with Crippen LogP contribution in [0.15, 0.2) is 47.1 Å². The molecule has 2 aromatic heterocycles. The summed E-state index contributed by atoms with van der Waals surface area (Å²) in [4.78, 5) is 33.4. The van der Waals surface area contributed by atoms with Crippen molar-refractivity contribution < 1.29 is 14.1 Å². The number of nitrogens with zero attached hydrogens (tertiary/aromatic N) is 4. The molecule has 1 N–H and O–H groups in total. The van der Waals surface area contributed by atoms with Crippen LogP contribution in [0.5, 0.6) is 0 Å². The minimum atomic E-state index is -0.137. The van der Waals surface area contributed by atoms with Gasteiger partial charge in [-0.15, -0.1) is 0 Å². The fourth-order valence-electron chi connectivity index (χ4n) is 3.62. The number of amides is 2. The van der Waals surface area contributed by atoms with Crippen LogP contribution < -0.4 is 10.2 Å². The molecule has 160 valence electrons. The number of pyridine rings is 1. The van der Waals surface area contributed by atoms with Crippen molar-refractivity contribution in [3.8, 4) is 0 Å². The molecule has 1 aliphatic rings. The highest BCUT2D eigenvalue weighted by molar-refractivity contribution is 6.04. The van der Waals surface area contributed by atoms with Gasteiger partial charge in [-0.3, -0.25) is 9.59 Å². The zero-order chi connectivity index (χ0) is 22.0. The van der Waals surface area contributed by atoms with Crippen molar-refractivity contribution in [3.63, 3.8) is 0 Å². The molecule has 1 aliphatic heterocycles. The third-order valence-corrected chi connectivity index (χ3v) is 5.54. The van der Waals surface area contributed by atoms with Crippen molar-refractivity contribution in [2.45, 2.75) is 26.8 Å². The van der Waals surface area contributed by atoms with Gasteiger partial charge < -0.3 is 19.6 Å². The van der Waals surface area contributed by atoms with E-state index in [1.807, 2.05) is 44.2 Å². The largest absolute Gasteiger partial charge is 0.361 e. The zero-order valence-corrected chi connectivity index (χ0v) is 17.9. The summed E-state index contributed by atoms with van der Waals surface area (Å²) in [6, 6.07) is 11.8. The minimum Gasteiger partial charge on any atom is -0.361 e. The molecule has 0 atom stereocenters. The number of benzene rings is 1. The molecule has 0 spiro atoms. The Morgan fingerprint density at radius 2 is 2.03 bits per heavy atom. The van der Waals surface area contributed by atoms with Gasteiger partial charge in [0.25, 0.3) is 5.91 Å². The smallest absolute Gasteiger partial charge is 0.255 e. The first-order chi connectivity index (χ1) is 14.9. The molecule has 3 aromatic rings. The number of likely N-dealkylation sites (N-methyl/N-ethyl adjacent to an activating group) is 1. The Labute approximate surface area is 180 Å². The number of hydrogen-bond acceptors (Lipinski definition) is 6. The summed E-state index contributed by atoms with van der Waals surface area (Å²) in [5, 5.41) is 7.00. The number of nitrogens with one attached hydrogen (secondary N) is 1. The lowest BCUT2D eigenvalue weighted by Crippen LogP contribution is -2.40. The predicted octanol–water partition coefficient (Wildman–Crippen LogP) is 2.96. The number of aromatic nitrogens is 2. The summed E-state index contributed by atoms with van der Waals surface area (Å²) in [5.41, 5.74) is 3.79. The van der Waals surface area contributed by atoms with Crippen LogP contribution in [0, 0.1) is 13.8 Å². The number of aryl methyl sites for hydroxylation is 2. The molecule has 8 heteroatoms. The highest BCUT2D eigenvalue weighted by Crippen LogP contribution is 2.31. The summed E-state index contributed by atoms with van der Waals surface area (Å²) in [7, 11) is 1.77. The van der Waals surface area contributed by atoms with Crippen LogP contribution in [0.4, 0.5) is 11.5 Å². The summed E-state index contributed by atoms with van der Waals surface area (Å²) < 4.78 is 5.24. The molecule has 1 aromatic carbocycles. The minimum absolute atomic E-state index is 0.101. The summed E-state index contributed by atoms with van der Waals surface area (Å²) in [6.07, 6.45) is 2.32. The number of anilines is 2. The van der Waals surface area contributed by atoms with Gasteiger partial charge >= 0.3 is 0 Å². The highest BCUT2D eigenvalue weighted by Gasteiger charge is 2.28. The molecule has 0 bridgehead atoms. The van der Waals surface area contributed by atoms with Gasteiger partial charge in [-0.1, -0.05) is 35.5 Å². The van der Waals surface area contributed by atoms with Gasteiger partial charge in [0.15, 0.2) is 5.82 Å². The van der Waals surface area contributed by atoms with Crippen molar-refractivity contribution in [1.82, 2.24) is 15.0 Å². The number of carbonyl (C=O) groups is 2. The van der Waals surface area contributed by atoms with Crippen molar-refractivity contribution in [3.05, 3.63) is 70.7 Å². The third kappa shape index (κ3) is 4.28. The Kier molecular flexibility index (Phi) is 5.70. The van der Waals surface area contributed by atoms with Crippen LogP contribution in [0.25, 0.3) is 0 Å². The molecule has 4 rings (SSSR count). The van der Waals surface area contributed by atoms with Gasteiger partial charge in [0.05, 0.1) is 30.0 Å². The zero-order valence-electron chi connectivity index (χ0n) is 17.9. The van der Waals surface area contributed by atoms with Crippen molar-refractivity contribution >= 4 is 23.3 Å². The second kappa shape index (κ2) is 8.59. The Bertz CT molecular complexity index is 1090. The SMILES string of the molecule is Cc1noc(C)c1CN1C(=O)CNc2ncc(C(=O)N(C)CCc3ccccc3)cc21. The van der Waals surface area contributed by atoms with Gasteiger partial charge in [0, 0.05) is 25.4 Å². The number of rotatable bonds is 6. The summed E-state index contributed by atoms with van der Waals surface area (Å²) in [5.74, 6) is 1.01. The van der Waals surface area contributed by atoms with E-state index in [1.165, 1.54) is 5.56 Å². The predicted molar refractivity (Wildman–Crippen MR) is 117 cm³/mol. The average molecular weight is 419 g/mol. The Morgan fingerprint density at radius 1 is 1.26 bits per heavy atom. The van der Waals surface area contributed by atoms with E-state index in [4.69, 9.17) is 4.52 Å². The van der Waals surface area contributed by atoms with E-state index in [9.17, 15) is 9.59 Å². The van der Waals surface area contributed by atoms with Crippen LogP contribution >= 0.6 is 0 Å². The first kappa shape index (κ1) is 20.6.